The number of hydrogen-bond acceptors (Lipinski definition) is 6. The molecule has 0 atom stereocenters. The predicted molar refractivity (Wildman–Crippen MR) is 117 cm³/mol. The van der Waals surface area contributed by atoms with Crippen LogP contribution in [0, 0.1) is 23.4 Å². The number of likely N-dealkylation sites (tertiary alicyclic amines) is 1. The van der Waals surface area contributed by atoms with Crippen LogP contribution in [0.1, 0.15) is 18.1 Å². The van der Waals surface area contributed by atoms with Crippen LogP contribution >= 0.6 is 11.3 Å². The summed E-state index contributed by atoms with van der Waals surface area (Å²) in [4.78, 5) is 4.84. The molecule has 32 heavy (non-hydrogen) atoms. The molecule has 0 radical (unpaired) electrons. The maximum atomic E-state index is 14.6. The number of halogens is 3. The summed E-state index contributed by atoms with van der Waals surface area (Å²) in [5.74, 6) is -2.37. The molecule has 1 saturated heterocycles. The van der Waals surface area contributed by atoms with E-state index in [2.05, 4.69) is 22.1 Å². The Morgan fingerprint density at radius 3 is 2.50 bits per heavy atom. The highest BCUT2D eigenvalue weighted by Gasteiger charge is 2.26. The van der Waals surface area contributed by atoms with Crippen LogP contribution in [0.3, 0.4) is 0 Å². The summed E-state index contributed by atoms with van der Waals surface area (Å²) in [5, 5.41) is 4.20. The molecule has 3 aromatic rings. The fraction of sp³-hybridized carbons (Fsp3) is 0.286. The lowest BCUT2D eigenvalue weighted by Gasteiger charge is -2.37. The number of rotatable bonds is 8. The van der Waals surface area contributed by atoms with Crippen molar-refractivity contribution < 1.29 is 21.6 Å². The van der Waals surface area contributed by atoms with Gasteiger partial charge in [-0.3, -0.25) is 9.62 Å². The molecule has 0 amide bonds. The summed E-state index contributed by atoms with van der Waals surface area (Å²) in [5.41, 5.74) is 2.57. The van der Waals surface area contributed by atoms with E-state index < -0.39 is 32.4 Å². The maximum absolute atomic E-state index is 14.6. The van der Waals surface area contributed by atoms with Crippen molar-refractivity contribution in [2.75, 3.05) is 23.1 Å². The summed E-state index contributed by atoms with van der Waals surface area (Å²) in [6, 6.07) is 6.53. The Bertz CT molecular complexity index is 1190. The van der Waals surface area contributed by atoms with Crippen LogP contribution in [0.4, 0.5) is 24.7 Å². The van der Waals surface area contributed by atoms with E-state index >= 15 is 0 Å². The lowest BCUT2D eigenvalue weighted by molar-refractivity contribution is 0.104. The molecule has 6 nitrogen and oxygen atoms in total. The van der Waals surface area contributed by atoms with Crippen molar-refractivity contribution in [1.82, 2.24) is 9.88 Å². The zero-order valence-electron chi connectivity index (χ0n) is 17.1. The van der Waals surface area contributed by atoms with Gasteiger partial charge in [-0.25, -0.2) is 26.6 Å². The minimum Gasteiger partial charge on any atom is -0.381 e. The van der Waals surface area contributed by atoms with Crippen LogP contribution < -0.4 is 10.0 Å². The number of sulfonamides is 1. The first-order chi connectivity index (χ1) is 15.2. The van der Waals surface area contributed by atoms with Gasteiger partial charge >= 0.3 is 0 Å². The van der Waals surface area contributed by atoms with Crippen LogP contribution in [-0.2, 0) is 23.1 Å². The van der Waals surface area contributed by atoms with Crippen LogP contribution in [0.2, 0.25) is 0 Å². The van der Waals surface area contributed by atoms with Gasteiger partial charge in [0.25, 0.3) is 10.0 Å². The molecule has 1 fully saturated rings. The van der Waals surface area contributed by atoms with Gasteiger partial charge < -0.3 is 5.32 Å². The molecule has 1 aliphatic heterocycles. The number of nitrogens with one attached hydrogen (secondary N) is 2. The number of thiazole rings is 1. The van der Waals surface area contributed by atoms with Gasteiger partial charge in [0.15, 0.2) is 10.7 Å². The Morgan fingerprint density at radius 1 is 1.16 bits per heavy atom. The molecule has 0 saturated carbocycles. The first-order valence-electron chi connectivity index (χ1n) is 9.85. The second-order valence-electron chi connectivity index (χ2n) is 7.78. The second-order valence-corrected chi connectivity index (χ2v) is 10.1. The Morgan fingerprint density at radius 2 is 1.88 bits per heavy atom. The van der Waals surface area contributed by atoms with Crippen LogP contribution in [-0.4, -0.2) is 31.4 Å². The van der Waals surface area contributed by atoms with Crippen LogP contribution in [0.25, 0.3) is 0 Å². The predicted octanol–water partition coefficient (Wildman–Crippen LogP) is 4.43. The lowest BCUT2D eigenvalue weighted by atomic mass is 9.99. The molecule has 0 spiro atoms. The molecule has 0 bridgehead atoms. The standard InChI is InChI=1S/C21H21F3N4O2S2/c1-13-8-28(9-13)10-14-3-2-4-17(22)16(14)7-25-15-5-18(23)21(19(24)6-15)32(29,30)27-20-11-31-12-26-20/h2-6,11-13,25,27H,7-10H2,1H3. The van der Waals surface area contributed by atoms with Gasteiger partial charge in [-0.15, -0.1) is 11.3 Å². The third-order valence-electron chi connectivity index (χ3n) is 5.16. The van der Waals surface area contributed by atoms with Crippen molar-refractivity contribution in [2.24, 2.45) is 5.92 Å². The van der Waals surface area contributed by atoms with Crippen LogP contribution in [0.5, 0.6) is 0 Å². The number of nitrogens with zero attached hydrogens (tertiary/aromatic N) is 2. The molecule has 4 rings (SSSR count). The smallest absolute Gasteiger partial charge is 0.268 e. The monoisotopic (exact) mass is 482 g/mol. The zero-order chi connectivity index (χ0) is 22.9. The topological polar surface area (TPSA) is 74.3 Å². The first kappa shape index (κ1) is 22.6. The van der Waals surface area contributed by atoms with Crippen molar-refractivity contribution in [2.45, 2.75) is 24.9 Å². The zero-order valence-corrected chi connectivity index (χ0v) is 18.7. The Kier molecular flexibility index (Phi) is 6.40. The summed E-state index contributed by atoms with van der Waals surface area (Å²) < 4.78 is 70.4. The van der Waals surface area contributed by atoms with E-state index in [1.54, 1.807) is 6.07 Å². The normalized spacial score (nSPS) is 14.9. The Hall–Kier alpha value is -2.63. The average Bonchev–Trinajstić information content (AvgIpc) is 3.17. The van der Waals surface area contributed by atoms with Gasteiger partial charge in [0.2, 0.25) is 0 Å². The molecule has 1 aliphatic rings. The summed E-state index contributed by atoms with van der Waals surface area (Å²) >= 11 is 1.13. The number of anilines is 2. The molecular formula is C21H21F3N4O2S2. The molecule has 2 aromatic carbocycles. The molecule has 2 N–H and O–H groups in total. The van der Waals surface area contributed by atoms with Crippen molar-refractivity contribution >= 4 is 32.9 Å². The molecule has 2 heterocycles. The van der Waals surface area contributed by atoms with Gasteiger partial charge in [-0.1, -0.05) is 19.1 Å². The Labute approximate surface area is 188 Å². The van der Waals surface area contributed by atoms with Crippen molar-refractivity contribution in [3.05, 3.63) is 69.8 Å². The Balaban J connectivity index is 1.52. The summed E-state index contributed by atoms with van der Waals surface area (Å²) in [6.45, 7) is 4.59. The quantitative estimate of drug-likeness (QED) is 0.497. The summed E-state index contributed by atoms with van der Waals surface area (Å²) in [6.07, 6.45) is 0. The molecule has 1 aromatic heterocycles. The van der Waals surface area contributed by atoms with E-state index in [0.717, 1.165) is 42.1 Å². The fourth-order valence-corrected chi connectivity index (χ4v) is 5.39. The van der Waals surface area contributed by atoms with Crippen molar-refractivity contribution in [3.8, 4) is 0 Å². The van der Waals surface area contributed by atoms with Gasteiger partial charge in [-0.2, -0.15) is 0 Å². The molecule has 0 unspecified atom stereocenters. The average molecular weight is 483 g/mol. The summed E-state index contributed by atoms with van der Waals surface area (Å²) in [7, 11) is -4.51. The van der Waals surface area contributed by atoms with E-state index in [4.69, 9.17) is 0 Å². The van der Waals surface area contributed by atoms with Crippen molar-refractivity contribution in [3.63, 3.8) is 0 Å². The fourth-order valence-electron chi connectivity index (χ4n) is 3.71. The van der Waals surface area contributed by atoms with Gasteiger partial charge in [0.05, 0.1) is 5.51 Å². The van der Waals surface area contributed by atoms with E-state index in [0.29, 0.717) is 18.0 Å². The van der Waals surface area contributed by atoms with E-state index in [9.17, 15) is 21.6 Å². The van der Waals surface area contributed by atoms with E-state index in [1.165, 1.54) is 17.0 Å². The van der Waals surface area contributed by atoms with Crippen LogP contribution in [0.15, 0.2) is 46.1 Å². The third kappa shape index (κ3) is 4.89. The molecular weight excluding hydrogens is 461 g/mol. The lowest BCUT2D eigenvalue weighted by Crippen LogP contribution is -2.44. The number of hydrogen-bond donors (Lipinski definition) is 2. The van der Waals surface area contributed by atoms with E-state index in [-0.39, 0.29) is 18.1 Å². The highest BCUT2D eigenvalue weighted by molar-refractivity contribution is 7.92. The van der Waals surface area contributed by atoms with Gasteiger partial charge in [-0.05, 0) is 29.7 Å². The molecule has 11 heteroatoms. The van der Waals surface area contributed by atoms with Gasteiger partial charge in [0, 0.05) is 42.8 Å². The number of benzene rings is 2. The molecule has 170 valence electrons. The second kappa shape index (κ2) is 9.08. The first-order valence-corrected chi connectivity index (χ1v) is 12.3. The van der Waals surface area contributed by atoms with Crippen molar-refractivity contribution in [1.29, 1.82) is 0 Å². The SMILES string of the molecule is CC1CN(Cc2cccc(F)c2CNc2cc(F)c(S(=O)(=O)Nc3cscn3)c(F)c2)C1. The van der Waals surface area contributed by atoms with E-state index in [1.807, 2.05) is 10.8 Å². The minimum atomic E-state index is -4.51. The third-order valence-corrected chi connectivity index (χ3v) is 7.15. The highest BCUT2D eigenvalue weighted by atomic mass is 32.2. The molecule has 0 aliphatic carbocycles. The largest absolute Gasteiger partial charge is 0.381 e. The number of aromatic nitrogens is 1. The van der Waals surface area contributed by atoms with Gasteiger partial charge in [0.1, 0.15) is 17.5 Å². The minimum absolute atomic E-state index is 0.000570. The highest BCUT2D eigenvalue weighted by Crippen LogP contribution is 2.27. The maximum Gasteiger partial charge on any atom is 0.268 e.